The van der Waals surface area contributed by atoms with Gasteiger partial charge < -0.3 is 10.3 Å². The van der Waals surface area contributed by atoms with Gasteiger partial charge in [-0.25, -0.2) is 4.98 Å². The number of carbonyl (C=O) groups is 1. The molecule has 0 aliphatic heterocycles. The fourth-order valence-corrected chi connectivity index (χ4v) is 1.93. The van der Waals surface area contributed by atoms with Crippen LogP contribution in [0.4, 0.5) is 0 Å². The van der Waals surface area contributed by atoms with Gasteiger partial charge in [-0.1, -0.05) is 44.2 Å². The Balaban J connectivity index is 2.07. The first-order valence-corrected chi connectivity index (χ1v) is 7.02. The van der Waals surface area contributed by atoms with Gasteiger partial charge in [-0.05, 0) is 18.9 Å². The van der Waals surface area contributed by atoms with E-state index in [1.165, 1.54) is 0 Å². The second-order valence-electron chi connectivity index (χ2n) is 5.09. The van der Waals surface area contributed by atoms with Gasteiger partial charge in [0, 0.05) is 5.92 Å². The third kappa shape index (κ3) is 3.26. The molecule has 0 aliphatic carbocycles. The zero-order valence-electron chi connectivity index (χ0n) is 12.2. The summed E-state index contributed by atoms with van der Waals surface area (Å²) in [6.07, 6.45) is 2.64. The van der Waals surface area contributed by atoms with Crippen molar-refractivity contribution in [1.29, 1.82) is 0 Å². The van der Waals surface area contributed by atoms with Gasteiger partial charge in [-0.3, -0.25) is 4.79 Å². The van der Waals surface area contributed by atoms with Gasteiger partial charge in [-0.2, -0.15) is 0 Å². The molecule has 4 nitrogen and oxygen atoms in total. The van der Waals surface area contributed by atoms with Crippen molar-refractivity contribution in [2.75, 3.05) is 0 Å². The average Bonchev–Trinajstić information content (AvgIpc) is 2.97. The zero-order chi connectivity index (χ0) is 14.5. The Kier molecular flexibility index (Phi) is 4.56. The lowest BCUT2D eigenvalue weighted by Crippen LogP contribution is -2.31. The van der Waals surface area contributed by atoms with E-state index in [2.05, 4.69) is 15.3 Å². The number of hydrogen-bond donors (Lipinski definition) is 2. The van der Waals surface area contributed by atoms with E-state index in [0.29, 0.717) is 0 Å². The Labute approximate surface area is 119 Å². The van der Waals surface area contributed by atoms with Crippen molar-refractivity contribution in [2.45, 2.75) is 33.2 Å². The molecule has 106 valence electrons. The third-order valence-electron chi connectivity index (χ3n) is 3.51. The minimum absolute atomic E-state index is 0.0287. The minimum Gasteiger partial charge on any atom is -0.346 e. The molecule has 0 radical (unpaired) electrons. The van der Waals surface area contributed by atoms with Crippen molar-refractivity contribution in [3.05, 3.63) is 42.4 Å². The first-order valence-electron chi connectivity index (χ1n) is 7.02. The summed E-state index contributed by atoms with van der Waals surface area (Å²) in [6.45, 7) is 5.88. The summed E-state index contributed by atoms with van der Waals surface area (Å²) in [5.74, 6) is 0.874. The maximum Gasteiger partial charge on any atom is 0.223 e. The summed E-state index contributed by atoms with van der Waals surface area (Å²) < 4.78 is 0. The van der Waals surface area contributed by atoms with Gasteiger partial charge in [0.25, 0.3) is 0 Å². The third-order valence-corrected chi connectivity index (χ3v) is 3.51. The highest BCUT2D eigenvalue weighted by molar-refractivity contribution is 5.78. The lowest BCUT2D eigenvalue weighted by atomic mass is 10.1. The van der Waals surface area contributed by atoms with Crippen molar-refractivity contribution < 1.29 is 4.79 Å². The van der Waals surface area contributed by atoms with Crippen LogP contribution >= 0.6 is 0 Å². The van der Waals surface area contributed by atoms with Crippen molar-refractivity contribution in [2.24, 2.45) is 5.92 Å². The molecule has 2 atom stereocenters. The Morgan fingerprint density at radius 2 is 2.00 bits per heavy atom. The quantitative estimate of drug-likeness (QED) is 0.876. The molecule has 0 saturated heterocycles. The number of H-pyrrole nitrogens is 1. The summed E-state index contributed by atoms with van der Waals surface area (Å²) in [6, 6.07) is 9.90. The van der Waals surface area contributed by atoms with Gasteiger partial charge in [0.2, 0.25) is 5.91 Å². The average molecular weight is 271 g/mol. The van der Waals surface area contributed by atoms with Crippen molar-refractivity contribution in [3.8, 4) is 11.3 Å². The molecule has 0 fully saturated rings. The zero-order valence-corrected chi connectivity index (χ0v) is 12.2. The van der Waals surface area contributed by atoms with Crippen LogP contribution in [-0.4, -0.2) is 15.9 Å². The van der Waals surface area contributed by atoms with Crippen molar-refractivity contribution in [3.63, 3.8) is 0 Å². The predicted octanol–water partition coefficient (Wildman–Crippen LogP) is 3.30. The lowest BCUT2D eigenvalue weighted by Gasteiger charge is -2.14. The van der Waals surface area contributed by atoms with Crippen LogP contribution in [0.25, 0.3) is 11.3 Å². The molecule has 0 bridgehead atoms. The summed E-state index contributed by atoms with van der Waals surface area (Å²) in [5, 5.41) is 2.98. The van der Waals surface area contributed by atoms with Crippen molar-refractivity contribution >= 4 is 5.91 Å². The van der Waals surface area contributed by atoms with E-state index in [1.807, 2.05) is 51.1 Å². The SMILES string of the molecule is CCC(C)C(=O)NC(C)c1ncc(-c2ccccc2)[nH]1. The molecular formula is C16H21N3O. The summed E-state index contributed by atoms with van der Waals surface area (Å²) in [5.41, 5.74) is 2.05. The van der Waals surface area contributed by atoms with Crippen LogP contribution in [0.1, 0.15) is 39.1 Å². The number of nitrogens with one attached hydrogen (secondary N) is 2. The number of amides is 1. The molecule has 1 amide bonds. The maximum atomic E-state index is 11.9. The molecule has 2 N–H and O–H groups in total. The molecule has 1 aromatic heterocycles. The first kappa shape index (κ1) is 14.3. The van der Waals surface area contributed by atoms with Gasteiger partial charge >= 0.3 is 0 Å². The molecule has 20 heavy (non-hydrogen) atoms. The van der Waals surface area contributed by atoms with E-state index in [9.17, 15) is 4.79 Å². The molecule has 0 saturated carbocycles. The van der Waals surface area contributed by atoms with Crippen molar-refractivity contribution in [1.82, 2.24) is 15.3 Å². The van der Waals surface area contributed by atoms with E-state index in [4.69, 9.17) is 0 Å². The highest BCUT2D eigenvalue weighted by atomic mass is 16.1. The van der Waals surface area contributed by atoms with E-state index < -0.39 is 0 Å². The van der Waals surface area contributed by atoms with Gasteiger partial charge in [0.05, 0.1) is 17.9 Å². The second-order valence-corrected chi connectivity index (χ2v) is 5.09. The molecule has 0 spiro atoms. The number of rotatable bonds is 5. The molecule has 4 heteroatoms. The van der Waals surface area contributed by atoms with Crippen LogP contribution in [0.3, 0.4) is 0 Å². The highest BCUT2D eigenvalue weighted by Crippen LogP contribution is 2.19. The number of aromatic nitrogens is 2. The summed E-state index contributed by atoms with van der Waals surface area (Å²) in [7, 11) is 0. The van der Waals surface area contributed by atoms with E-state index in [1.54, 1.807) is 6.20 Å². The highest BCUT2D eigenvalue weighted by Gasteiger charge is 2.16. The largest absolute Gasteiger partial charge is 0.346 e. The molecular weight excluding hydrogens is 250 g/mol. The van der Waals surface area contributed by atoms with Gasteiger partial charge in [0.15, 0.2) is 0 Å². The number of aromatic amines is 1. The van der Waals surface area contributed by atoms with Crippen LogP contribution in [0.5, 0.6) is 0 Å². The number of benzene rings is 1. The van der Waals surface area contributed by atoms with E-state index >= 15 is 0 Å². The molecule has 1 aromatic carbocycles. The topological polar surface area (TPSA) is 57.8 Å². The minimum atomic E-state index is -0.117. The smallest absolute Gasteiger partial charge is 0.223 e. The standard InChI is InChI=1S/C16H21N3O/c1-4-11(2)16(20)18-12(3)15-17-10-14(19-15)13-8-6-5-7-9-13/h5-12H,4H2,1-3H3,(H,17,19)(H,18,20). The number of imidazole rings is 1. The van der Waals surface area contributed by atoms with E-state index in [-0.39, 0.29) is 17.9 Å². The van der Waals surface area contributed by atoms with Gasteiger partial charge in [-0.15, -0.1) is 0 Å². The number of carbonyl (C=O) groups excluding carboxylic acids is 1. The molecule has 2 rings (SSSR count). The van der Waals surface area contributed by atoms with Crippen LogP contribution < -0.4 is 5.32 Å². The van der Waals surface area contributed by atoms with Gasteiger partial charge in [0.1, 0.15) is 5.82 Å². The monoisotopic (exact) mass is 271 g/mol. The molecule has 2 unspecified atom stereocenters. The maximum absolute atomic E-state index is 11.9. The van der Waals surface area contributed by atoms with Crippen LogP contribution in [0.2, 0.25) is 0 Å². The fourth-order valence-electron chi connectivity index (χ4n) is 1.93. The van der Waals surface area contributed by atoms with E-state index in [0.717, 1.165) is 23.5 Å². The molecule has 2 aromatic rings. The van der Waals surface area contributed by atoms with Crippen LogP contribution in [0.15, 0.2) is 36.5 Å². The van der Waals surface area contributed by atoms with Crippen LogP contribution in [0, 0.1) is 5.92 Å². The molecule has 1 heterocycles. The summed E-state index contributed by atoms with van der Waals surface area (Å²) >= 11 is 0. The second kappa shape index (κ2) is 6.37. The Bertz CT molecular complexity index is 562. The fraction of sp³-hybridized carbons (Fsp3) is 0.375. The van der Waals surface area contributed by atoms with Crippen LogP contribution in [-0.2, 0) is 4.79 Å². The Morgan fingerprint density at radius 3 is 2.65 bits per heavy atom. The summed E-state index contributed by atoms with van der Waals surface area (Å²) in [4.78, 5) is 19.5. The lowest BCUT2D eigenvalue weighted by molar-refractivity contribution is -0.125. The number of hydrogen-bond acceptors (Lipinski definition) is 2. The first-order chi connectivity index (χ1) is 9.61. The Morgan fingerprint density at radius 1 is 1.30 bits per heavy atom. The number of nitrogens with zero attached hydrogens (tertiary/aromatic N) is 1. The Hall–Kier alpha value is -2.10. The predicted molar refractivity (Wildman–Crippen MR) is 80.0 cm³/mol. The normalized spacial score (nSPS) is 13.8. The molecule has 0 aliphatic rings.